The standard InChI is InChI=1S/C14H15ClFN/c1-7(2)13-8-3-4-17-12(8)6-10(15)14(13)9-5-11(9)16/h3-4,6-7,9,11,17H,5H2,1-2H3. The maximum absolute atomic E-state index is 13.3. The van der Waals surface area contributed by atoms with E-state index in [1.165, 1.54) is 10.9 Å². The molecule has 1 N–H and O–H groups in total. The van der Waals surface area contributed by atoms with Crippen molar-refractivity contribution in [3.8, 4) is 0 Å². The number of alkyl halides is 1. The van der Waals surface area contributed by atoms with Crippen molar-refractivity contribution >= 4 is 22.5 Å². The number of nitrogens with one attached hydrogen (secondary N) is 1. The zero-order valence-electron chi connectivity index (χ0n) is 9.93. The van der Waals surface area contributed by atoms with Crippen molar-refractivity contribution in [2.45, 2.75) is 38.3 Å². The van der Waals surface area contributed by atoms with E-state index >= 15 is 0 Å². The van der Waals surface area contributed by atoms with Crippen LogP contribution in [0.15, 0.2) is 18.3 Å². The van der Waals surface area contributed by atoms with Crippen molar-refractivity contribution < 1.29 is 4.39 Å². The van der Waals surface area contributed by atoms with E-state index in [9.17, 15) is 4.39 Å². The maximum Gasteiger partial charge on any atom is 0.108 e. The molecule has 1 aliphatic carbocycles. The van der Waals surface area contributed by atoms with Crippen LogP contribution in [-0.4, -0.2) is 11.2 Å². The normalized spacial score (nSPS) is 23.6. The monoisotopic (exact) mass is 251 g/mol. The highest BCUT2D eigenvalue weighted by molar-refractivity contribution is 6.32. The van der Waals surface area contributed by atoms with Crippen LogP contribution in [0.3, 0.4) is 0 Å². The lowest BCUT2D eigenvalue weighted by Gasteiger charge is -2.16. The first-order valence-electron chi connectivity index (χ1n) is 6.03. The predicted molar refractivity (Wildman–Crippen MR) is 69.7 cm³/mol. The van der Waals surface area contributed by atoms with Crippen molar-refractivity contribution in [2.75, 3.05) is 0 Å². The van der Waals surface area contributed by atoms with Gasteiger partial charge in [-0.15, -0.1) is 0 Å². The molecule has 3 rings (SSSR count). The molecule has 1 fully saturated rings. The molecule has 0 bridgehead atoms. The summed E-state index contributed by atoms with van der Waals surface area (Å²) in [5.41, 5.74) is 3.28. The average molecular weight is 252 g/mol. The van der Waals surface area contributed by atoms with Gasteiger partial charge in [-0.2, -0.15) is 0 Å². The average Bonchev–Trinajstić information content (AvgIpc) is 2.79. The van der Waals surface area contributed by atoms with Gasteiger partial charge in [-0.3, -0.25) is 0 Å². The highest BCUT2D eigenvalue weighted by Gasteiger charge is 2.42. The molecule has 0 aliphatic heterocycles. The smallest absolute Gasteiger partial charge is 0.108 e. The summed E-state index contributed by atoms with van der Waals surface area (Å²) in [5, 5.41) is 1.88. The number of rotatable bonds is 2. The van der Waals surface area contributed by atoms with E-state index in [1.54, 1.807) is 0 Å². The Kier molecular flexibility index (Phi) is 2.44. The first-order chi connectivity index (χ1) is 8.09. The Bertz CT molecular complexity index is 573. The molecule has 0 saturated heterocycles. The predicted octanol–water partition coefficient (Wildman–Crippen LogP) is 4.77. The second-order valence-electron chi connectivity index (χ2n) is 5.14. The number of aromatic amines is 1. The van der Waals surface area contributed by atoms with Gasteiger partial charge < -0.3 is 4.98 Å². The summed E-state index contributed by atoms with van der Waals surface area (Å²) in [6, 6.07) is 3.98. The molecule has 3 heteroatoms. The number of hydrogen-bond acceptors (Lipinski definition) is 0. The van der Waals surface area contributed by atoms with Crippen molar-refractivity contribution in [3.05, 3.63) is 34.5 Å². The van der Waals surface area contributed by atoms with Gasteiger partial charge in [-0.05, 0) is 35.6 Å². The molecule has 1 heterocycles. The molecule has 0 amide bonds. The summed E-state index contributed by atoms with van der Waals surface area (Å²) in [6.07, 6.45) is 1.83. The molecule has 1 aromatic heterocycles. The molecule has 2 aromatic rings. The molecule has 0 radical (unpaired) electrons. The van der Waals surface area contributed by atoms with Gasteiger partial charge in [0, 0.05) is 28.0 Å². The molecule has 17 heavy (non-hydrogen) atoms. The van der Waals surface area contributed by atoms with Crippen LogP contribution in [0.5, 0.6) is 0 Å². The third kappa shape index (κ3) is 1.66. The fourth-order valence-electron chi connectivity index (χ4n) is 2.68. The van der Waals surface area contributed by atoms with E-state index in [2.05, 4.69) is 24.9 Å². The third-order valence-electron chi connectivity index (χ3n) is 3.55. The lowest BCUT2D eigenvalue weighted by Crippen LogP contribution is -1.98. The van der Waals surface area contributed by atoms with Gasteiger partial charge in [-0.1, -0.05) is 25.4 Å². The maximum atomic E-state index is 13.3. The number of aromatic nitrogens is 1. The molecule has 1 aromatic carbocycles. The molecular formula is C14H15ClFN. The van der Waals surface area contributed by atoms with Crippen LogP contribution in [0.4, 0.5) is 4.39 Å². The summed E-state index contributed by atoms with van der Waals surface area (Å²) in [7, 11) is 0. The Morgan fingerprint density at radius 1 is 1.47 bits per heavy atom. The van der Waals surface area contributed by atoms with E-state index in [1.807, 2.05) is 12.3 Å². The fourth-order valence-corrected chi connectivity index (χ4v) is 3.03. The summed E-state index contributed by atoms with van der Waals surface area (Å²) in [5.74, 6) is 0.369. The molecular weight excluding hydrogens is 237 g/mol. The topological polar surface area (TPSA) is 15.8 Å². The Balaban J connectivity index is 2.30. The van der Waals surface area contributed by atoms with Gasteiger partial charge in [0.05, 0.1) is 0 Å². The second kappa shape index (κ2) is 3.74. The van der Waals surface area contributed by atoms with Crippen molar-refractivity contribution in [3.63, 3.8) is 0 Å². The van der Waals surface area contributed by atoms with Crippen molar-refractivity contribution in [2.24, 2.45) is 0 Å². The third-order valence-corrected chi connectivity index (χ3v) is 3.86. The highest BCUT2D eigenvalue weighted by Crippen LogP contribution is 2.50. The summed E-state index contributed by atoms with van der Waals surface area (Å²) in [4.78, 5) is 3.18. The molecule has 0 spiro atoms. The summed E-state index contributed by atoms with van der Waals surface area (Å²) >= 11 is 6.32. The van der Waals surface area contributed by atoms with Crippen LogP contribution in [0.1, 0.15) is 43.2 Å². The van der Waals surface area contributed by atoms with E-state index in [0.29, 0.717) is 17.4 Å². The lowest BCUT2D eigenvalue weighted by atomic mass is 9.91. The minimum atomic E-state index is -0.707. The Labute approximate surface area is 105 Å². The fraction of sp³-hybridized carbons (Fsp3) is 0.429. The molecule has 2 atom stereocenters. The van der Waals surface area contributed by atoms with Gasteiger partial charge >= 0.3 is 0 Å². The van der Waals surface area contributed by atoms with Crippen LogP contribution in [0.2, 0.25) is 5.02 Å². The van der Waals surface area contributed by atoms with Crippen LogP contribution >= 0.6 is 11.6 Å². The van der Waals surface area contributed by atoms with Crippen molar-refractivity contribution in [1.29, 1.82) is 0 Å². The summed E-state index contributed by atoms with van der Waals surface area (Å²) in [6.45, 7) is 4.27. The molecule has 90 valence electrons. The summed E-state index contributed by atoms with van der Waals surface area (Å²) < 4.78 is 13.3. The Morgan fingerprint density at radius 3 is 2.76 bits per heavy atom. The zero-order chi connectivity index (χ0) is 12.2. The van der Waals surface area contributed by atoms with Crippen LogP contribution in [0, 0.1) is 0 Å². The van der Waals surface area contributed by atoms with Crippen molar-refractivity contribution in [1.82, 2.24) is 4.98 Å². The number of hydrogen-bond donors (Lipinski definition) is 1. The van der Waals surface area contributed by atoms with Crippen LogP contribution in [0.25, 0.3) is 10.9 Å². The number of halogens is 2. The quantitative estimate of drug-likeness (QED) is 0.791. The van der Waals surface area contributed by atoms with E-state index in [-0.39, 0.29) is 5.92 Å². The Morgan fingerprint density at radius 2 is 2.18 bits per heavy atom. The van der Waals surface area contributed by atoms with Crippen LogP contribution < -0.4 is 0 Å². The minimum absolute atomic E-state index is 0.0131. The highest BCUT2D eigenvalue weighted by atomic mass is 35.5. The molecule has 1 aliphatic rings. The number of fused-ring (bicyclic) bond motifs is 1. The lowest BCUT2D eigenvalue weighted by molar-refractivity contribution is 0.468. The molecule has 1 saturated carbocycles. The van der Waals surface area contributed by atoms with E-state index in [0.717, 1.165) is 11.1 Å². The first kappa shape index (κ1) is 11.1. The molecule has 2 unspecified atom stereocenters. The van der Waals surface area contributed by atoms with Gasteiger partial charge in [0.25, 0.3) is 0 Å². The van der Waals surface area contributed by atoms with E-state index < -0.39 is 6.17 Å². The number of benzene rings is 1. The Hall–Kier alpha value is -1.02. The van der Waals surface area contributed by atoms with Gasteiger partial charge in [0.2, 0.25) is 0 Å². The van der Waals surface area contributed by atoms with Gasteiger partial charge in [-0.25, -0.2) is 4.39 Å². The largest absolute Gasteiger partial charge is 0.361 e. The van der Waals surface area contributed by atoms with Gasteiger partial charge in [0.1, 0.15) is 6.17 Å². The van der Waals surface area contributed by atoms with E-state index in [4.69, 9.17) is 11.6 Å². The number of H-pyrrole nitrogens is 1. The van der Waals surface area contributed by atoms with Crippen LogP contribution in [-0.2, 0) is 0 Å². The SMILES string of the molecule is CC(C)c1c(C2CC2F)c(Cl)cc2[nH]ccc12. The van der Waals surface area contributed by atoms with Gasteiger partial charge in [0.15, 0.2) is 0 Å². The second-order valence-corrected chi connectivity index (χ2v) is 5.54. The minimum Gasteiger partial charge on any atom is -0.361 e. The first-order valence-corrected chi connectivity index (χ1v) is 6.41. The molecule has 1 nitrogen and oxygen atoms in total. The zero-order valence-corrected chi connectivity index (χ0v) is 10.7.